The molecule has 2 aromatic rings. The molecule has 0 aromatic heterocycles. The van der Waals surface area contributed by atoms with Crippen LogP contribution in [0.5, 0.6) is 0 Å². The zero-order valence-corrected chi connectivity index (χ0v) is 17.5. The number of hydrogen-bond donors (Lipinski definition) is 0. The molecule has 0 saturated heterocycles. The number of benzene rings is 2. The summed E-state index contributed by atoms with van der Waals surface area (Å²) in [6, 6.07) is 3.75. The molecule has 1 saturated carbocycles. The minimum Gasteiger partial charge on any atom is -0.207 e. The van der Waals surface area contributed by atoms with E-state index in [9.17, 15) is 30.7 Å². The normalized spacial score (nSPS) is 25.6. The Morgan fingerprint density at radius 3 is 2.22 bits per heavy atom. The maximum absolute atomic E-state index is 14.4. The van der Waals surface area contributed by atoms with Gasteiger partial charge in [-0.15, -0.1) is 0 Å². The van der Waals surface area contributed by atoms with Crippen molar-refractivity contribution in [3.05, 3.63) is 81.9 Å². The summed E-state index contributed by atoms with van der Waals surface area (Å²) >= 11 is 0. The van der Waals surface area contributed by atoms with Gasteiger partial charge in [0.25, 0.3) is 0 Å². The van der Waals surface area contributed by atoms with Crippen molar-refractivity contribution < 1.29 is 30.7 Å². The van der Waals surface area contributed by atoms with Crippen molar-refractivity contribution in [2.45, 2.75) is 57.0 Å². The summed E-state index contributed by atoms with van der Waals surface area (Å²) in [6.07, 6.45) is 1.58. The van der Waals surface area contributed by atoms with Crippen LogP contribution in [0.3, 0.4) is 0 Å². The summed E-state index contributed by atoms with van der Waals surface area (Å²) in [5.41, 5.74) is -0.713. The number of fused-ring (bicyclic) bond motifs is 3. The monoisotopic (exact) mass is 456 g/mol. The van der Waals surface area contributed by atoms with Crippen LogP contribution in [0.4, 0.5) is 30.7 Å². The largest absolute Gasteiger partial charge is 0.422 e. The van der Waals surface area contributed by atoms with Crippen LogP contribution < -0.4 is 0 Å². The second-order valence-corrected chi connectivity index (χ2v) is 8.73. The Bertz CT molecular complexity index is 1010. The van der Waals surface area contributed by atoms with Gasteiger partial charge in [0.15, 0.2) is 0 Å². The fraction of sp³-hybridized carbons (Fsp3) is 0.440. The third-order valence-corrected chi connectivity index (χ3v) is 6.92. The molecule has 32 heavy (non-hydrogen) atoms. The molecule has 0 spiro atoms. The van der Waals surface area contributed by atoms with Crippen LogP contribution in [0.2, 0.25) is 0 Å². The molecule has 2 aliphatic carbocycles. The quantitative estimate of drug-likeness (QED) is 0.324. The van der Waals surface area contributed by atoms with E-state index in [1.807, 2.05) is 19.1 Å². The number of halogens is 7. The number of hydrogen-bond acceptors (Lipinski definition) is 0. The highest BCUT2D eigenvalue weighted by Gasteiger charge is 2.44. The van der Waals surface area contributed by atoms with Crippen molar-refractivity contribution in [3.8, 4) is 0 Å². The molecule has 4 atom stereocenters. The molecule has 172 valence electrons. The topological polar surface area (TPSA) is 0 Å². The molecule has 0 bridgehead atoms. The molecule has 0 heterocycles. The first-order valence-corrected chi connectivity index (χ1v) is 10.8. The lowest BCUT2D eigenvalue weighted by molar-refractivity contribution is -0.142. The van der Waals surface area contributed by atoms with Crippen LogP contribution in [-0.4, -0.2) is 0 Å². The molecule has 0 nitrogen and oxygen atoms in total. The van der Waals surface area contributed by atoms with Crippen molar-refractivity contribution in [2.75, 3.05) is 0 Å². The van der Waals surface area contributed by atoms with Gasteiger partial charge in [-0.25, -0.2) is 17.6 Å². The summed E-state index contributed by atoms with van der Waals surface area (Å²) in [5, 5.41) is 0. The van der Waals surface area contributed by atoms with Crippen molar-refractivity contribution in [1.82, 2.24) is 0 Å². The van der Waals surface area contributed by atoms with E-state index in [2.05, 4.69) is 0 Å². The van der Waals surface area contributed by atoms with Crippen molar-refractivity contribution >= 4 is 0 Å². The predicted molar refractivity (Wildman–Crippen MR) is 107 cm³/mol. The Hall–Kier alpha value is -2.31. The van der Waals surface area contributed by atoms with Gasteiger partial charge in [-0.1, -0.05) is 19.1 Å². The van der Waals surface area contributed by atoms with E-state index in [0.717, 1.165) is 24.6 Å². The standard InChI is InChI=1S/C25H23F7/c1-2-3-4-13-5-6-16-18(8-7-17-19(16)11-15(26)12-20(17)27)23(13)14-9-21(28)24(22(29)10-14)25(30,31)32/h3-4,9-13,16,18,23H,2,5-8H2,1H3. The van der Waals surface area contributed by atoms with Crippen molar-refractivity contribution in [3.63, 3.8) is 0 Å². The molecule has 4 unspecified atom stereocenters. The molecule has 7 heteroatoms. The minimum atomic E-state index is -5.14. The number of rotatable bonds is 3. The average Bonchev–Trinajstić information content (AvgIpc) is 2.69. The van der Waals surface area contributed by atoms with Gasteiger partial charge in [0.2, 0.25) is 0 Å². The van der Waals surface area contributed by atoms with E-state index in [1.165, 1.54) is 6.07 Å². The van der Waals surface area contributed by atoms with Crippen LogP contribution >= 0.6 is 0 Å². The predicted octanol–water partition coefficient (Wildman–Crippen LogP) is 8.07. The van der Waals surface area contributed by atoms with E-state index in [4.69, 9.17) is 0 Å². The van der Waals surface area contributed by atoms with Crippen LogP contribution in [0.25, 0.3) is 0 Å². The lowest BCUT2D eigenvalue weighted by Gasteiger charge is -2.46. The van der Waals surface area contributed by atoms with E-state index in [0.29, 0.717) is 36.8 Å². The summed E-state index contributed by atoms with van der Waals surface area (Å²) < 4.78 is 96.4. The van der Waals surface area contributed by atoms with E-state index in [1.54, 1.807) is 0 Å². The van der Waals surface area contributed by atoms with Gasteiger partial charge in [0.1, 0.15) is 28.8 Å². The fourth-order valence-corrected chi connectivity index (χ4v) is 5.71. The summed E-state index contributed by atoms with van der Waals surface area (Å²) in [6.45, 7) is 1.94. The summed E-state index contributed by atoms with van der Waals surface area (Å²) in [7, 11) is 0. The molecule has 0 aliphatic heterocycles. The first kappa shape index (κ1) is 22.9. The van der Waals surface area contributed by atoms with E-state index in [-0.39, 0.29) is 23.3 Å². The molecule has 2 aromatic carbocycles. The Morgan fingerprint density at radius 2 is 1.59 bits per heavy atom. The highest BCUT2D eigenvalue weighted by molar-refractivity contribution is 5.39. The van der Waals surface area contributed by atoms with Gasteiger partial charge in [0.05, 0.1) is 0 Å². The first-order chi connectivity index (χ1) is 15.1. The second-order valence-electron chi connectivity index (χ2n) is 8.73. The molecule has 0 amide bonds. The second kappa shape index (κ2) is 8.56. The van der Waals surface area contributed by atoms with Crippen molar-refractivity contribution in [1.29, 1.82) is 0 Å². The SMILES string of the molecule is CCC=CC1CCC2c3cc(F)cc(F)c3CCC2C1c1cc(F)c(C(F)(F)F)c(F)c1. The van der Waals surface area contributed by atoms with Gasteiger partial charge in [-0.05, 0) is 90.7 Å². The minimum absolute atomic E-state index is 0.133. The molecule has 2 aliphatic rings. The Balaban J connectivity index is 1.81. The Labute approximate surface area is 182 Å². The molecular formula is C25H23F7. The van der Waals surface area contributed by atoms with E-state index >= 15 is 0 Å². The average molecular weight is 456 g/mol. The summed E-state index contributed by atoms with van der Waals surface area (Å²) in [5.74, 6) is -5.57. The number of alkyl halides is 3. The third-order valence-electron chi connectivity index (χ3n) is 6.92. The van der Waals surface area contributed by atoms with Gasteiger partial charge < -0.3 is 0 Å². The fourth-order valence-electron chi connectivity index (χ4n) is 5.71. The highest BCUT2D eigenvalue weighted by Crippen LogP contribution is 2.55. The third kappa shape index (κ3) is 4.06. The maximum atomic E-state index is 14.4. The molecule has 0 radical (unpaired) electrons. The Kier molecular flexibility index (Phi) is 6.12. The van der Waals surface area contributed by atoms with Crippen LogP contribution in [0.1, 0.15) is 66.7 Å². The smallest absolute Gasteiger partial charge is 0.207 e. The van der Waals surface area contributed by atoms with Crippen LogP contribution in [-0.2, 0) is 12.6 Å². The molecule has 1 fully saturated rings. The Morgan fingerprint density at radius 1 is 0.906 bits per heavy atom. The zero-order valence-electron chi connectivity index (χ0n) is 17.5. The molecule has 0 N–H and O–H groups in total. The lowest BCUT2D eigenvalue weighted by Crippen LogP contribution is -2.35. The van der Waals surface area contributed by atoms with Crippen molar-refractivity contribution in [2.24, 2.45) is 11.8 Å². The maximum Gasteiger partial charge on any atom is 0.422 e. The van der Waals surface area contributed by atoms with E-state index < -0.39 is 40.9 Å². The summed E-state index contributed by atoms with van der Waals surface area (Å²) in [4.78, 5) is 0. The van der Waals surface area contributed by atoms with Gasteiger partial charge in [-0.2, -0.15) is 13.2 Å². The van der Waals surface area contributed by atoms with Crippen LogP contribution in [0.15, 0.2) is 36.4 Å². The van der Waals surface area contributed by atoms with Gasteiger partial charge in [0, 0.05) is 6.07 Å². The number of allylic oxidation sites excluding steroid dienone is 2. The van der Waals surface area contributed by atoms with Gasteiger partial charge >= 0.3 is 6.18 Å². The molecule has 4 rings (SSSR count). The lowest BCUT2D eigenvalue weighted by atomic mass is 9.58. The first-order valence-electron chi connectivity index (χ1n) is 10.8. The van der Waals surface area contributed by atoms with Crippen LogP contribution in [0, 0.1) is 35.1 Å². The molecular weight excluding hydrogens is 433 g/mol. The zero-order chi connectivity index (χ0) is 23.2. The highest BCUT2D eigenvalue weighted by atomic mass is 19.4. The van der Waals surface area contributed by atoms with Gasteiger partial charge in [-0.3, -0.25) is 0 Å².